The van der Waals surface area contributed by atoms with E-state index >= 15 is 0 Å². The van der Waals surface area contributed by atoms with E-state index in [-0.39, 0.29) is 30.2 Å². The van der Waals surface area contributed by atoms with Gasteiger partial charge in [0.15, 0.2) is 18.1 Å². The van der Waals surface area contributed by atoms with E-state index < -0.39 is 0 Å². The number of thioether (sulfide) groups is 1. The lowest BCUT2D eigenvalue weighted by atomic mass is 10.1. The molecule has 0 aliphatic carbocycles. The molecule has 0 spiro atoms. The SMILES string of the molecule is CCOc1cc(C=C2SC(=O)N(Cc3ccc(C)cc3)C2=O)cc(Br)c1OCC(=O)Nc1cc(C)c(C)cc1Br. The van der Waals surface area contributed by atoms with Gasteiger partial charge in [-0.3, -0.25) is 19.3 Å². The van der Waals surface area contributed by atoms with E-state index in [9.17, 15) is 14.4 Å². The first-order chi connectivity index (χ1) is 19.0. The van der Waals surface area contributed by atoms with E-state index in [1.807, 2.05) is 64.1 Å². The molecule has 1 heterocycles. The Morgan fingerprint density at radius 1 is 0.975 bits per heavy atom. The van der Waals surface area contributed by atoms with Gasteiger partial charge in [-0.05, 0) is 124 Å². The van der Waals surface area contributed by atoms with Crippen molar-refractivity contribution in [2.24, 2.45) is 0 Å². The number of ether oxygens (including phenoxy) is 2. The maximum Gasteiger partial charge on any atom is 0.293 e. The fourth-order valence-electron chi connectivity index (χ4n) is 3.94. The lowest BCUT2D eigenvalue weighted by Gasteiger charge is -2.15. The van der Waals surface area contributed by atoms with Crippen LogP contribution in [0.4, 0.5) is 10.5 Å². The van der Waals surface area contributed by atoms with Crippen molar-refractivity contribution in [1.29, 1.82) is 0 Å². The van der Waals surface area contributed by atoms with Crippen LogP contribution in [0.15, 0.2) is 62.4 Å². The number of carbonyl (C=O) groups is 3. The van der Waals surface area contributed by atoms with Crippen LogP contribution in [-0.4, -0.2) is 35.2 Å². The monoisotopic (exact) mass is 686 g/mol. The molecule has 0 aromatic heterocycles. The van der Waals surface area contributed by atoms with Gasteiger partial charge in [0.25, 0.3) is 17.1 Å². The summed E-state index contributed by atoms with van der Waals surface area (Å²) in [5.74, 6) is 0.0896. The maximum atomic E-state index is 13.0. The molecule has 40 heavy (non-hydrogen) atoms. The van der Waals surface area contributed by atoms with Gasteiger partial charge in [-0.2, -0.15) is 0 Å². The number of aryl methyl sites for hydroxylation is 3. The molecular formula is C30H28Br2N2O5S. The Morgan fingerprint density at radius 3 is 2.38 bits per heavy atom. The summed E-state index contributed by atoms with van der Waals surface area (Å²) in [6.07, 6.45) is 1.65. The molecule has 1 saturated heterocycles. The van der Waals surface area contributed by atoms with Crippen LogP contribution in [0.1, 0.15) is 34.7 Å². The third-order valence-corrected chi connectivity index (χ3v) is 8.32. The highest BCUT2D eigenvalue weighted by atomic mass is 79.9. The molecule has 1 N–H and O–H groups in total. The largest absolute Gasteiger partial charge is 0.490 e. The highest BCUT2D eigenvalue weighted by molar-refractivity contribution is 9.11. The van der Waals surface area contributed by atoms with Crippen molar-refractivity contribution >= 4 is 72.4 Å². The third-order valence-electron chi connectivity index (χ3n) is 6.17. The molecule has 10 heteroatoms. The first-order valence-corrected chi connectivity index (χ1v) is 14.9. The smallest absolute Gasteiger partial charge is 0.293 e. The Kier molecular flexibility index (Phi) is 9.76. The number of amides is 3. The van der Waals surface area contributed by atoms with Crippen LogP contribution >= 0.6 is 43.6 Å². The summed E-state index contributed by atoms with van der Waals surface area (Å²) in [5, 5.41) is 2.54. The molecule has 0 unspecified atom stereocenters. The van der Waals surface area contributed by atoms with Crippen LogP contribution in [0.3, 0.4) is 0 Å². The molecule has 0 saturated carbocycles. The summed E-state index contributed by atoms with van der Waals surface area (Å²) in [4.78, 5) is 39.9. The molecule has 0 bridgehead atoms. The quantitative estimate of drug-likeness (QED) is 0.231. The van der Waals surface area contributed by atoms with Crippen LogP contribution in [0.5, 0.6) is 11.5 Å². The number of nitrogens with one attached hydrogen (secondary N) is 1. The summed E-state index contributed by atoms with van der Waals surface area (Å²) >= 11 is 7.90. The minimum absolute atomic E-state index is 0.212. The molecule has 0 radical (unpaired) electrons. The zero-order chi connectivity index (χ0) is 29.0. The fraction of sp³-hybridized carbons (Fsp3) is 0.233. The zero-order valence-corrected chi connectivity index (χ0v) is 26.5. The van der Waals surface area contributed by atoms with Crippen molar-refractivity contribution in [3.63, 3.8) is 0 Å². The summed E-state index contributed by atoms with van der Waals surface area (Å²) in [7, 11) is 0. The van der Waals surface area contributed by atoms with Crippen LogP contribution in [-0.2, 0) is 16.1 Å². The van der Waals surface area contributed by atoms with Crippen molar-refractivity contribution in [3.8, 4) is 11.5 Å². The van der Waals surface area contributed by atoms with Crippen molar-refractivity contribution < 1.29 is 23.9 Å². The van der Waals surface area contributed by atoms with Crippen LogP contribution < -0.4 is 14.8 Å². The minimum atomic E-state index is -0.348. The molecule has 1 aliphatic rings. The Bertz CT molecular complexity index is 1500. The molecular weight excluding hydrogens is 660 g/mol. The van der Waals surface area contributed by atoms with E-state index in [0.29, 0.717) is 38.7 Å². The van der Waals surface area contributed by atoms with Crippen molar-refractivity contribution in [2.45, 2.75) is 34.2 Å². The summed E-state index contributed by atoms with van der Waals surface area (Å²) in [6, 6.07) is 15.0. The summed E-state index contributed by atoms with van der Waals surface area (Å²) in [6.45, 7) is 8.13. The average Bonchev–Trinajstić information content (AvgIpc) is 3.15. The van der Waals surface area contributed by atoms with Gasteiger partial charge in [0.2, 0.25) is 0 Å². The van der Waals surface area contributed by atoms with E-state index in [1.165, 1.54) is 4.90 Å². The number of benzene rings is 3. The molecule has 7 nitrogen and oxygen atoms in total. The minimum Gasteiger partial charge on any atom is -0.490 e. The lowest BCUT2D eigenvalue weighted by molar-refractivity contribution is -0.123. The predicted molar refractivity (Wildman–Crippen MR) is 166 cm³/mol. The molecule has 1 aliphatic heterocycles. The van der Waals surface area contributed by atoms with Crippen LogP contribution in [0, 0.1) is 20.8 Å². The predicted octanol–water partition coefficient (Wildman–Crippen LogP) is 7.79. The normalized spacial score (nSPS) is 14.2. The molecule has 1 fully saturated rings. The topological polar surface area (TPSA) is 84.9 Å². The number of nitrogens with zero attached hydrogens (tertiary/aromatic N) is 1. The van der Waals surface area contributed by atoms with Gasteiger partial charge in [0.1, 0.15) is 0 Å². The van der Waals surface area contributed by atoms with E-state index in [1.54, 1.807) is 18.2 Å². The number of hydrogen-bond acceptors (Lipinski definition) is 6. The number of imide groups is 1. The highest BCUT2D eigenvalue weighted by Crippen LogP contribution is 2.39. The van der Waals surface area contributed by atoms with E-state index in [4.69, 9.17) is 9.47 Å². The Hall–Kier alpha value is -3.08. The second-order valence-corrected chi connectivity index (χ2v) is 12.0. The zero-order valence-electron chi connectivity index (χ0n) is 22.5. The lowest BCUT2D eigenvalue weighted by Crippen LogP contribution is -2.27. The standard InChI is InChI=1S/C30H28Br2N2O5S/c1-5-38-25-13-21(14-26-29(36)34(30(37)40-26)15-20-8-6-17(2)7-9-20)12-23(32)28(25)39-16-27(35)33-24-11-19(4)18(3)10-22(24)31/h6-14H,5,15-16H2,1-4H3,(H,33,35). The molecule has 3 aromatic rings. The fourth-order valence-corrected chi connectivity index (χ4v) is 5.91. The van der Waals surface area contributed by atoms with Crippen LogP contribution in [0.25, 0.3) is 6.08 Å². The Labute approximate surface area is 254 Å². The second kappa shape index (κ2) is 13.1. The molecule has 0 atom stereocenters. The van der Waals surface area contributed by atoms with E-state index in [0.717, 1.165) is 38.5 Å². The molecule has 3 aromatic carbocycles. The number of hydrogen-bond donors (Lipinski definition) is 1. The number of rotatable bonds is 9. The average molecular weight is 688 g/mol. The number of halogens is 2. The van der Waals surface area contributed by atoms with Gasteiger partial charge in [0.05, 0.1) is 28.2 Å². The summed E-state index contributed by atoms with van der Waals surface area (Å²) < 4.78 is 13.0. The van der Waals surface area contributed by atoms with Gasteiger partial charge in [-0.1, -0.05) is 29.8 Å². The second-order valence-electron chi connectivity index (χ2n) is 9.27. The third kappa shape index (κ3) is 7.16. The maximum absolute atomic E-state index is 13.0. The molecule has 4 rings (SSSR count). The van der Waals surface area contributed by atoms with Gasteiger partial charge >= 0.3 is 0 Å². The summed E-state index contributed by atoms with van der Waals surface area (Å²) in [5.41, 5.74) is 5.47. The Morgan fingerprint density at radius 2 is 1.68 bits per heavy atom. The van der Waals surface area contributed by atoms with Gasteiger partial charge < -0.3 is 14.8 Å². The number of anilines is 1. The van der Waals surface area contributed by atoms with Crippen molar-refractivity contribution in [2.75, 3.05) is 18.5 Å². The van der Waals surface area contributed by atoms with Gasteiger partial charge in [-0.15, -0.1) is 0 Å². The number of carbonyl (C=O) groups excluding carboxylic acids is 3. The molecule has 3 amide bonds. The van der Waals surface area contributed by atoms with Gasteiger partial charge in [0, 0.05) is 4.47 Å². The van der Waals surface area contributed by atoms with E-state index in [2.05, 4.69) is 37.2 Å². The first kappa shape index (κ1) is 29.9. The van der Waals surface area contributed by atoms with Gasteiger partial charge in [-0.25, -0.2) is 0 Å². The van der Waals surface area contributed by atoms with Crippen LogP contribution in [0.2, 0.25) is 0 Å². The Balaban J connectivity index is 1.49. The van der Waals surface area contributed by atoms with Crippen molar-refractivity contribution in [1.82, 2.24) is 4.90 Å². The van der Waals surface area contributed by atoms with Crippen molar-refractivity contribution in [3.05, 3.63) is 90.2 Å². The highest BCUT2D eigenvalue weighted by Gasteiger charge is 2.35. The first-order valence-electron chi connectivity index (χ1n) is 12.5. The molecule has 208 valence electrons.